The van der Waals surface area contributed by atoms with Crippen LogP contribution >= 0.6 is 11.6 Å². The molecule has 0 unspecified atom stereocenters. The van der Waals surface area contributed by atoms with Crippen LogP contribution in [0.25, 0.3) is 0 Å². The predicted molar refractivity (Wildman–Crippen MR) is 115 cm³/mol. The molecule has 0 radical (unpaired) electrons. The van der Waals surface area contributed by atoms with Crippen molar-refractivity contribution in [2.75, 3.05) is 6.61 Å². The monoisotopic (exact) mass is 422 g/mol. The van der Waals surface area contributed by atoms with E-state index < -0.39 is 11.9 Å². The van der Waals surface area contributed by atoms with Gasteiger partial charge in [-0.05, 0) is 56.0 Å². The number of carbonyl (C=O) groups excluding carboxylic acids is 2. The molecule has 2 aliphatic rings. The fraction of sp³-hybridized carbons (Fsp3) is 0.292. The molecule has 0 amide bonds. The van der Waals surface area contributed by atoms with Gasteiger partial charge < -0.3 is 10.1 Å². The number of ether oxygens (including phenoxy) is 1. The molecule has 0 spiro atoms. The van der Waals surface area contributed by atoms with Gasteiger partial charge >= 0.3 is 5.97 Å². The van der Waals surface area contributed by atoms with Crippen LogP contribution in [-0.4, -0.2) is 23.3 Å². The lowest BCUT2D eigenvalue weighted by molar-refractivity contribution is -0.138. The van der Waals surface area contributed by atoms with Crippen LogP contribution in [0.2, 0.25) is 5.02 Å². The molecule has 0 saturated carbocycles. The number of allylic oxidation sites excluding steroid dienone is 3. The number of esters is 1. The van der Waals surface area contributed by atoms with Crippen LogP contribution in [0.15, 0.2) is 71.2 Å². The number of benzene rings is 1. The van der Waals surface area contributed by atoms with Gasteiger partial charge in [0.15, 0.2) is 5.78 Å². The van der Waals surface area contributed by atoms with E-state index in [0.717, 1.165) is 11.3 Å². The van der Waals surface area contributed by atoms with Crippen LogP contribution in [0.1, 0.15) is 49.8 Å². The van der Waals surface area contributed by atoms with Crippen LogP contribution in [0.3, 0.4) is 0 Å². The van der Waals surface area contributed by atoms with Crippen LogP contribution in [0.5, 0.6) is 0 Å². The number of Topliss-reactive ketones (excluding diaryl/α,β-unsaturated/α-hetero) is 1. The summed E-state index contributed by atoms with van der Waals surface area (Å²) >= 11 is 6.02. The summed E-state index contributed by atoms with van der Waals surface area (Å²) < 4.78 is 5.31. The maximum atomic E-state index is 13.4. The highest BCUT2D eigenvalue weighted by Crippen LogP contribution is 2.45. The SMILES string of the molecule is CCOC(=O)C1=C(C)NC2=C(C(=O)C[C@@H](c3ccc(Cl)cc3)C2)[C@@H]1c1ccccn1. The number of dihydropyridines is 1. The summed E-state index contributed by atoms with van der Waals surface area (Å²) in [7, 11) is 0. The number of pyridine rings is 1. The summed E-state index contributed by atoms with van der Waals surface area (Å²) in [6, 6.07) is 13.2. The topological polar surface area (TPSA) is 68.3 Å². The number of nitrogens with zero attached hydrogens (tertiary/aromatic N) is 1. The first-order valence-electron chi connectivity index (χ1n) is 10.1. The van der Waals surface area contributed by atoms with E-state index in [1.807, 2.05) is 49.4 Å². The summed E-state index contributed by atoms with van der Waals surface area (Å²) in [5.74, 6) is -0.867. The van der Waals surface area contributed by atoms with Crippen molar-refractivity contribution in [3.63, 3.8) is 0 Å². The molecule has 0 saturated heterocycles. The number of rotatable bonds is 4. The van der Waals surface area contributed by atoms with Crippen molar-refractivity contribution in [1.29, 1.82) is 0 Å². The van der Waals surface area contributed by atoms with Gasteiger partial charge in [-0.3, -0.25) is 9.78 Å². The lowest BCUT2D eigenvalue weighted by Crippen LogP contribution is -2.36. The number of halogens is 1. The van der Waals surface area contributed by atoms with Crippen LogP contribution < -0.4 is 5.32 Å². The van der Waals surface area contributed by atoms with Crippen LogP contribution in [-0.2, 0) is 14.3 Å². The average molecular weight is 423 g/mol. The highest BCUT2D eigenvalue weighted by molar-refractivity contribution is 6.30. The minimum Gasteiger partial charge on any atom is -0.463 e. The van der Waals surface area contributed by atoms with Crippen molar-refractivity contribution in [1.82, 2.24) is 10.3 Å². The molecule has 30 heavy (non-hydrogen) atoms. The average Bonchev–Trinajstić information content (AvgIpc) is 2.74. The molecular formula is C24H23ClN2O3. The molecule has 1 aromatic carbocycles. The van der Waals surface area contributed by atoms with Gasteiger partial charge in [-0.25, -0.2) is 4.79 Å². The van der Waals surface area contributed by atoms with Crippen LogP contribution in [0.4, 0.5) is 0 Å². The Balaban J connectivity index is 1.77. The van der Waals surface area contributed by atoms with E-state index in [9.17, 15) is 9.59 Å². The predicted octanol–water partition coefficient (Wildman–Crippen LogP) is 4.66. The Morgan fingerprint density at radius 3 is 2.63 bits per heavy atom. The lowest BCUT2D eigenvalue weighted by atomic mass is 9.73. The molecule has 1 N–H and O–H groups in total. The smallest absolute Gasteiger partial charge is 0.336 e. The Morgan fingerprint density at radius 2 is 1.97 bits per heavy atom. The Bertz CT molecular complexity index is 1040. The largest absolute Gasteiger partial charge is 0.463 e. The summed E-state index contributed by atoms with van der Waals surface area (Å²) in [5, 5.41) is 4.00. The van der Waals surface area contributed by atoms with Crippen molar-refractivity contribution in [3.8, 4) is 0 Å². The second-order valence-electron chi connectivity index (χ2n) is 7.54. The van der Waals surface area contributed by atoms with E-state index in [-0.39, 0.29) is 18.3 Å². The second kappa shape index (κ2) is 8.44. The molecule has 0 bridgehead atoms. The minimum absolute atomic E-state index is 0.0219. The number of hydrogen-bond acceptors (Lipinski definition) is 5. The molecule has 2 heterocycles. The molecule has 2 aromatic rings. The summed E-state index contributed by atoms with van der Waals surface area (Å²) in [6.07, 6.45) is 2.74. The Morgan fingerprint density at radius 1 is 1.20 bits per heavy atom. The Kier molecular flexibility index (Phi) is 5.73. The quantitative estimate of drug-likeness (QED) is 0.726. The highest BCUT2D eigenvalue weighted by atomic mass is 35.5. The number of aromatic nitrogens is 1. The molecule has 1 aromatic heterocycles. The van der Waals surface area contributed by atoms with E-state index in [1.54, 1.807) is 13.1 Å². The Hall–Kier alpha value is -2.92. The number of carbonyl (C=O) groups is 2. The third kappa shape index (κ3) is 3.77. The van der Waals surface area contributed by atoms with Crippen LogP contribution in [0, 0.1) is 0 Å². The second-order valence-corrected chi connectivity index (χ2v) is 7.98. The van der Waals surface area contributed by atoms with Gasteiger partial charge in [0, 0.05) is 34.6 Å². The number of nitrogens with one attached hydrogen (secondary N) is 1. The summed E-state index contributed by atoms with van der Waals surface area (Å²) in [4.78, 5) is 30.6. The first kappa shape index (κ1) is 20.4. The van der Waals surface area contributed by atoms with E-state index in [4.69, 9.17) is 16.3 Å². The molecule has 2 atom stereocenters. The van der Waals surface area contributed by atoms with Gasteiger partial charge in [-0.15, -0.1) is 0 Å². The maximum absolute atomic E-state index is 13.4. The zero-order valence-electron chi connectivity index (χ0n) is 16.9. The zero-order chi connectivity index (χ0) is 21.3. The van der Waals surface area contributed by atoms with E-state index in [1.165, 1.54) is 0 Å². The first-order valence-corrected chi connectivity index (χ1v) is 10.4. The van der Waals surface area contributed by atoms with Gasteiger partial charge in [0.2, 0.25) is 0 Å². The molecule has 6 heteroatoms. The van der Waals surface area contributed by atoms with E-state index in [0.29, 0.717) is 40.4 Å². The Labute approximate surface area is 180 Å². The van der Waals surface area contributed by atoms with Gasteiger partial charge in [0.25, 0.3) is 0 Å². The molecule has 1 aliphatic carbocycles. The van der Waals surface area contributed by atoms with Crippen molar-refractivity contribution in [2.24, 2.45) is 0 Å². The summed E-state index contributed by atoms with van der Waals surface area (Å²) in [5.41, 5.74) is 4.38. The highest BCUT2D eigenvalue weighted by Gasteiger charge is 2.41. The van der Waals surface area contributed by atoms with Crippen molar-refractivity contribution in [2.45, 2.75) is 38.5 Å². The standard InChI is InChI=1S/C24H23ClN2O3/c1-3-30-24(29)21-14(2)27-19-12-16(15-7-9-17(25)10-8-15)13-20(28)22(19)23(21)18-6-4-5-11-26-18/h4-11,16,23,27H,3,12-13H2,1-2H3/t16-,23+/m0/s1. The molecule has 154 valence electrons. The molecular weight excluding hydrogens is 400 g/mol. The van der Waals surface area contributed by atoms with Crippen molar-refractivity contribution in [3.05, 3.63) is 87.5 Å². The molecule has 4 rings (SSSR count). The molecule has 5 nitrogen and oxygen atoms in total. The third-order valence-corrected chi connectivity index (χ3v) is 5.90. The fourth-order valence-electron chi connectivity index (χ4n) is 4.33. The molecule has 1 aliphatic heterocycles. The van der Waals surface area contributed by atoms with E-state index in [2.05, 4.69) is 10.3 Å². The van der Waals surface area contributed by atoms with Gasteiger partial charge in [-0.2, -0.15) is 0 Å². The maximum Gasteiger partial charge on any atom is 0.336 e. The van der Waals surface area contributed by atoms with Gasteiger partial charge in [0.05, 0.1) is 23.8 Å². The normalized spacial score (nSPS) is 21.2. The van der Waals surface area contributed by atoms with E-state index >= 15 is 0 Å². The van der Waals surface area contributed by atoms with Crippen molar-refractivity contribution >= 4 is 23.4 Å². The minimum atomic E-state index is -0.528. The van der Waals surface area contributed by atoms with Gasteiger partial charge in [-0.1, -0.05) is 29.8 Å². The van der Waals surface area contributed by atoms with Gasteiger partial charge in [0.1, 0.15) is 0 Å². The lowest BCUT2D eigenvalue weighted by Gasteiger charge is -2.36. The first-order chi connectivity index (χ1) is 14.5. The zero-order valence-corrected chi connectivity index (χ0v) is 17.7. The third-order valence-electron chi connectivity index (χ3n) is 5.65. The number of ketones is 1. The number of hydrogen-bond donors (Lipinski definition) is 1. The molecule has 0 fully saturated rings. The fourth-order valence-corrected chi connectivity index (χ4v) is 4.46. The van der Waals surface area contributed by atoms with Crippen molar-refractivity contribution < 1.29 is 14.3 Å². The summed E-state index contributed by atoms with van der Waals surface area (Å²) in [6.45, 7) is 3.89.